The number of likely N-dealkylation sites (tertiary alicyclic amines) is 1. The Hall–Kier alpha value is -5.32. The quantitative estimate of drug-likeness (QED) is 0.130. The maximum atomic E-state index is 15.4. The molecule has 0 radical (unpaired) electrons. The van der Waals surface area contributed by atoms with E-state index in [2.05, 4.69) is 5.43 Å². The topological polar surface area (TPSA) is 136 Å². The first-order chi connectivity index (χ1) is 25.9. The molecular formula is C42H37Cl2N3O7. The number of hydrogen-bond donors (Lipinski definition) is 3. The summed E-state index contributed by atoms with van der Waals surface area (Å²) in [5, 5.41) is 23.1. The van der Waals surface area contributed by atoms with Gasteiger partial charge in [0.25, 0.3) is 11.8 Å². The summed E-state index contributed by atoms with van der Waals surface area (Å²) < 4.78 is 5.46. The van der Waals surface area contributed by atoms with Crippen LogP contribution in [0.4, 0.5) is 5.69 Å². The summed E-state index contributed by atoms with van der Waals surface area (Å²) in [6.45, 7) is 1.93. The molecule has 4 aromatic carbocycles. The molecule has 4 aromatic rings. The lowest BCUT2D eigenvalue weighted by Gasteiger charge is -2.50. The highest BCUT2D eigenvalue weighted by atomic mass is 35.5. The number of phenolic OH excluding ortho intramolecular Hbond substituents is 2. The summed E-state index contributed by atoms with van der Waals surface area (Å²) in [7, 11) is 1.54. The van der Waals surface area contributed by atoms with Crippen molar-refractivity contribution in [1.82, 2.24) is 9.91 Å². The van der Waals surface area contributed by atoms with Crippen molar-refractivity contribution >= 4 is 52.5 Å². The van der Waals surface area contributed by atoms with E-state index in [0.717, 1.165) is 16.1 Å². The Balaban J connectivity index is 1.27. The number of aromatic hydroxyl groups is 2. The van der Waals surface area contributed by atoms with E-state index in [1.807, 2.05) is 6.08 Å². The van der Waals surface area contributed by atoms with Gasteiger partial charge in [0.2, 0.25) is 11.8 Å². The minimum Gasteiger partial charge on any atom is -0.508 e. The van der Waals surface area contributed by atoms with E-state index in [0.29, 0.717) is 39.6 Å². The van der Waals surface area contributed by atoms with Crippen molar-refractivity contribution in [2.75, 3.05) is 19.1 Å². The molecule has 2 saturated heterocycles. The molecule has 0 aromatic heterocycles. The molecule has 2 aliphatic carbocycles. The summed E-state index contributed by atoms with van der Waals surface area (Å²) in [5.74, 6) is -4.91. The van der Waals surface area contributed by atoms with Gasteiger partial charge in [-0.2, -0.15) is 5.01 Å². The third kappa shape index (κ3) is 5.45. The van der Waals surface area contributed by atoms with Crippen LogP contribution in [0, 0.1) is 30.6 Å². The van der Waals surface area contributed by atoms with Crippen molar-refractivity contribution in [3.63, 3.8) is 0 Å². The molecule has 0 bridgehead atoms. The predicted octanol–water partition coefficient (Wildman–Crippen LogP) is 6.95. The zero-order valence-corrected chi connectivity index (χ0v) is 31.0. The number of anilines is 1. The lowest BCUT2D eigenvalue weighted by molar-refractivity contribution is -0.141. The molecule has 276 valence electrons. The molecule has 2 aliphatic heterocycles. The van der Waals surface area contributed by atoms with Gasteiger partial charge in [-0.3, -0.25) is 29.5 Å². The summed E-state index contributed by atoms with van der Waals surface area (Å²) in [6, 6.07) is 23.7. The number of nitrogens with zero attached hydrogens (tertiary/aromatic N) is 2. The highest BCUT2D eigenvalue weighted by molar-refractivity contribution is 6.36. The highest BCUT2D eigenvalue weighted by Crippen LogP contribution is 2.65. The number of imide groups is 2. The number of benzene rings is 4. The van der Waals surface area contributed by atoms with E-state index in [1.54, 1.807) is 85.8 Å². The smallest absolute Gasteiger partial charge is 0.260 e. The first-order valence-corrected chi connectivity index (χ1v) is 18.6. The van der Waals surface area contributed by atoms with Crippen LogP contribution in [0.1, 0.15) is 41.0 Å². The lowest BCUT2D eigenvalue weighted by atomic mass is 9.49. The van der Waals surface area contributed by atoms with E-state index >= 15 is 4.79 Å². The van der Waals surface area contributed by atoms with Gasteiger partial charge < -0.3 is 14.9 Å². The number of methoxy groups -OCH3 is 1. The molecule has 0 spiro atoms. The van der Waals surface area contributed by atoms with Gasteiger partial charge in [0.05, 0.1) is 41.0 Å². The third-order valence-electron chi connectivity index (χ3n) is 11.8. The maximum Gasteiger partial charge on any atom is 0.260 e. The molecule has 3 fully saturated rings. The van der Waals surface area contributed by atoms with E-state index in [4.69, 9.17) is 27.9 Å². The second-order valence-corrected chi connectivity index (χ2v) is 15.3. The van der Waals surface area contributed by atoms with Gasteiger partial charge in [0, 0.05) is 23.0 Å². The number of carbonyl (C=O) groups excluding carboxylic acids is 4. The number of nitrogens with one attached hydrogen (secondary N) is 1. The number of amides is 4. The molecule has 54 heavy (non-hydrogen) atoms. The standard InChI is InChI=1S/C42H37Cl2N3O7/c1-22-4-3-5-30(37(22)49)36-28-15-16-29-35(40(52)46(38(29)50)19-18-23-6-11-26(48)12-7-23)31(28)21-32-39(51)47(45-34-17-10-25(43)20-33(34)44)41(53)42(32,36)24-8-13-27(54-2)14-9-24/h3-15,17,20,29,31-32,35-36,45,48-49H,16,18-19,21H2,1-2H3. The molecule has 8 rings (SSSR count). The Labute approximate surface area is 321 Å². The van der Waals surface area contributed by atoms with Crippen LogP contribution >= 0.6 is 23.2 Å². The average Bonchev–Trinajstić information content (AvgIpc) is 3.54. The Morgan fingerprint density at radius 3 is 2.33 bits per heavy atom. The third-order valence-corrected chi connectivity index (χ3v) is 12.4. The van der Waals surface area contributed by atoms with Crippen LogP contribution < -0.4 is 10.2 Å². The van der Waals surface area contributed by atoms with Crippen LogP contribution in [0.5, 0.6) is 17.2 Å². The number of fused-ring (bicyclic) bond motifs is 4. The molecular weight excluding hydrogens is 729 g/mol. The van der Waals surface area contributed by atoms with E-state index in [1.165, 1.54) is 18.1 Å². The van der Waals surface area contributed by atoms with Crippen LogP contribution in [0.15, 0.2) is 96.6 Å². The van der Waals surface area contributed by atoms with Crippen LogP contribution in [0.3, 0.4) is 0 Å². The second kappa shape index (κ2) is 13.5. The number of carbonyl (C=O) groups is 4. The van der Waals surface area contributed by atoms with Gasteiger partial charge in [-0.05, 0) is 91.3 Å². The summed E-state index contributed by atoms with van der Waals surface area (Å²) in [5.41, 5.74) is 4.85. The first-order valence-electron chi connectivity index (χ1n) is 17.8. The SMILES string of the molecule is COc1ccc(C23C(=O)N(Nc4ccc(Cl)cc4Cl)C(=O)C2CC2C(=CCC4C(=O)N(CCc5ccc(O)cc5)C(=O)C42)C3c2cccc(C)c2O)cc1. The molecule has 6 atom stereocenters. The van der Waals surface area contributed by atoms with Crippen molar-refractivity contribution in [3.8, 4) is 17.2 Å². The van der Waals surface area contributed by atoms with Gasteiger partial charge >= 0.3 is 0 Å². The normalized spacial score (nSPS) is 26.0. The van der Waals surface area contributed by atoms with Gasteiger partial charge in [0.1, 0.15) is 17.2 Å². The molecule has 6 unspecified atom stereocenters. The number of hydrazine groups is 1. The number of rotatable bonds is 8. The van der Waals surface area contributed by atoms with Gasteiger partial charge in [-0.1, -0.05) is 77.3 Å². The molecule has 10 nitrogen and oxygen atoms in total. The second-order valence-electron chi connectivity index (χ2n) is 14.5. The Morgan fingerprint density at radius 1 is 0.889 bits per heavy atom. The average molecular weight is 767 g/mol. The van der Waals surface area contributed by atoms with E-state index in [-0.39, 0.29) is 47.7 Å². The maximum absolute atomic E-state index is 15.4. The van der Waals surface area contributed by atoms with Crippen molar-refractivity contribution in [2.24, 2.45) is 23.7 Å². The first kappa shape index (κ1) is 35.7. The number of hydrogen-bond acceptors (Lipinski definition) is 8. The Kier molecular flexibility index (Phi) is 8.93. The summed E-state index contributed by atoms with van der Waals surface area (Å²) in [6.07, 6.45) is 2.72. The molecule has 12 heteroatoms. The zero-order valence-electron chi connectivity index (χ0n) is 29.5. The van der Waals surface area contributed by atoms with Crippen molar-refractivity contribution in [2.45, 2.75) is 37.5 Å². The minimum atomic E-state index is -1.58. The van der Waals surface area contributed by atoms with E-state index in [9.17, 15) is 24.6 Å². The zero-order chi connectivity index (χ0) is 38.1. The van der Waals surface area contributed by atoms with Crippen molar-refractivity contribution in [3.05, 3.63) is 129 Å². The number of halogens is 2. The largest absolute Gasteiger partial charge is 0.508 e. The number of ether oxygens (including phenoxy) is 1. The van der Waals surface area contributed by atoms with Crippen LogP contribution in [-0.2, 0) is 31.0 Å². The number of phenols is 2. The van der Waals surface area contributed by atoms with Crippen molar-refractivity contribution < 1.29 is 34.1 Å². The molecule has 2 heterocycles. The lowest BCUT2D eigenvalue weighted by Crippen LogP contribution is -2.53. The van der Waals surface area contributed by atoms with Gasteiger partial charge in [-0.15, -0.1) is 0 Å². The fraction of sp³-hybridized carbons (Fsp3) is 0.286. The molecule has 3 N–H and O–H groups in total. The summed E-state index contributed by atoms with van der Waals surface area (Å²) in [4.78, 5) is 60.0. The molecule has 4 aliphatic rings. The van der Waals surface area contributed by atoms with Crippen LogP contribution in [-0.4, -0.2) is 57.4 Å². The minimum absolute atomic E-state index is 0.0189. The highest BCUT2D eigenvalue weighted by Gasteiger charge is 2.70. The van der Waals surface area contributed by atoms with Gasteiger partial charge in [-0.25, -0.2) is 0 Å². The van der Waals surface area contributed by atoms with E-state index < -0.39 is 46.8 Å². The monoisotopic (exact) mass is 765 g/mol. The van der Waals surface area contributed by atoms with Crippen LogP contribution in [0.25, 0.3) is 0 Å². The number of allylic oxidation sites excluding steroid dienone is 2. The van der Waals surface area contributed by atoms with Crippen LogP contribution in [0.2, 0.25) is 10.0 Å². The Morgan fingerprint density at radius 2 is 1.63 bits per heavy atom. The fourth-order valence-corrected chi connectivity index (χ4v) is 9.74. The fourth-order valence-electron chi connectivity index (χ4n) is 9.29. The number of para-hydroxylation sites is 1. The molecule has 4 amide bonds. The molecule has 1 saturated carbocycles. The number of aryl methyl sites for hydroxylation is 1. The Bertz CT molecular complexity index is 2240. The van der Waals surface area contributed by atoms with Gasteiger partial charge in [0.15, 0.2) is 0 Å². The van der Waals surface area contributed by atoms with Crippen molar-refractivity contribution in [1.29, 1.82) is 0 Å². The summed E-state index contributed by atoms with van der Waals surface area (Å²) >= 11 is 12.7. The predicted molar refractivity (Wildman–Crippen MR) is 202 cm³/mol.